The van der Waals surface area contributed by atoms with Crippen LogP contribution in [-0.2, 0) is 28.6 Å². The zero-order chi connectivity index (χ0) is 19.8. The van der Waals surface area contributed by atoms with E-state index in [1.54, 1.807) is 0 Å². The van der Waals surface area contributed by atoms with Gasteiger partial charge in [-0.05, 0) is 39.0 Å². The highest BCUT2D eigenvalue weighted by molar-refractivity contribution is 5.84. The molecule has 1 unspecified atom stereocenters. The standard InChI is InChI=1S/C18H23F3N4O2/c1-10-24-13-5-4-11(8-12(13)14(25-10)18(19,20)21)15(26)23-9-17(16(22)27)6-2-3-7-17/h11H,2-9H2,1H3,(H2,22,27)(H,23,26). The van der Waals surface area contributed by atoms with Gasteiger partial charge in [0.1, 0.15) is 5.82 Å². The predicted octanol–water partition coefficient (Wildman–Crippen LogP) is 2.07. The number of carbonyl (C=O) groups is 2. The van der Waals surface area contributed by atoms with Crippen LogP contribution in [0.2, 0.25) is 0 Å². The Bertz CT molecular complexity index is 758. The van der Waals surface area contributed by atoms with Gasteiger partial charge in [0.2, 0.25) is 11.8 Å². The third-order valence-electron chi connectivity index (χ3n) is 5.71. The van der Waals surface area contributed by atoms with E-state index >= 15 is 0 Å². The smallest absolute Gasteiger partial charge is 0.369 e. The maximum Gasteiger partial charge on any atom is 0.433 e. The summed E-state index contributed by atoms with van der Waals surface area (Å²) in [5.41, 5.74) is 4.19. The van der Waals surface area contributed by atoms with Crippen LogP contribution >= 0.6 is 0 Å². The molecule has 0 aliphatic heterocycles. The van der Waals surface area contributed by atoms with E-state index in [4.69, 9.17) is 5.73 Å². The molecule has 3 rings (SSSR count). The van der Waals surface area contributed by atoms with Gasteiger partial charge in [-0.15, -0.1) is 0 Å². The molecule has 0 aromatic carbocycles. The van der Waals surface area contributed by atoms with E-state index in [9.17, 15) is 22.8 Å². The van der Waals surface area contributed by atoms with Gasteiger partial charge in [0.25, 0.3) is 0 Å². The van der Waals surface area contributed by atoms with Gasteiger partial charge in [-0.1, -0.05) is 12.8 Å². The van der Waals surface area contributed by atoms with Crippen LogP contribution in [-0.4, -0.2) is 28.3 Å². The third-order valence-corrected chi connectivity index (χ3v) is 5.71. The number of carbonyl (C=O) groups excluding carboxylic acids is 2. The summed E-state index contributed by atoms with van der Waals surface area (Å²) in [4.78, 5) is 32.1. The SMILES string of the molecule is Cc1nc2c(c(C(F)(F)F)n1)CC(C(=O)NCC1(C(N)=O)CCCC1)CC2. The summed E-state index contributed by atoms with van der Waals surface area (Å²) in [5.74, 6) is -1.30. The van der Waals surface area contributed by atoms with Gasteiger partial charge in [-0.3, -0.25) is 9.59 Å². The van der Waals surface area contributed by atoms with Crippen molar-refractivity contribution in [2.45, 2.75) is 58.0 Å². The Morgan fingerprint density at radius 2 is 1.93 bits per heavy atom. The van der Waals surface area contributed by atoms with Crippen LogP contribution in [0.4, 0.5) is 13.2 Å². The van der Waals surface area contributed by atoms with Gasteiger partial charge in [0.05, 0.1) is 5.41 Å². The fourth-order valence-corrected chi connectivity index (χ4v) is 4.16. The molecule has 1 saturated carbocycles. The monoisotopic (exact) mass is 384 g/mol. The van der Waals surface area contributed by atoms with Crippen molar-refractivity contribution < 1.29 is 22.8 Å². The van der Waals surface area contributed by atoms with Crippen LogP contribution in [0.15, 0.2) is 0 Å². The molecule has 2 aliphatic rings. The minimum absolute atomic E-state index is 0.00461. The molecule has 148 valence electrons. The van der Waals surface area contributed by atoms with Crippen molar-refractivity contribution in [1.29, 1.82) is 0 Å². The molecule has 27 heavy (non-hydrogen) atoms. The quantitative estimate of drug-likeness (QED) is 0.830. The number of primary amides is 1. The summed E-state index contributed by atoms with van der Waals surface area (Å²) in [7, 11) is 0. The Labute approximate surface area is 155 Å². The summed E-state index contributed by atoms with van der Waals surface area (Å²) >= 11 is 0. The van der Waals surface area contributed by atoms with Gasteiger partial charge in [-0.25, -0.2) is 9.97 Å². The van der Waals surface area contributed by atoms with Crippen molar-refractivity contribution in [3.8, 4) is 0 Å². The molecule has 6 nitrogen and oxygen atoms in total. The molecule has 0 radical (unpaired) electrons. The number of nitrogens with one attached hydrogen (secondary N) is 1. The van der Waals surface area contributed by atoms with Gasteiger partial charge < -0.3 is 11.1 Å². The van der Waals surface area contributed by atoms with Crippen molar-refractivity contribution >= 4 is 11.8 Å². The van der Waals surface area contributed by atoms with E-state index in [2.05, 4.69) is 15.3 Å². The van der Waals surface area contributed by atoms with Gasteiger partial charge in [0, 0.05) is 23.7 Å². The maximum atomic E-state index is 13.3. The number of hydrogen-bond acceptors (Lipinski definition) is 4. The first-order chi connectivity index (χ1) is 12.6. The number of fused-ring (bicyclic) bond motifs is 1. The lowest BCUT2D eigenvalue weighted by atomic mass is 9.83. The highest BCUT2D eigenvalue weighted by atomic mass is 19.4. The van der Waals surface area contributed by atoms with Crippen molar-refractivity contribution in [2.24, 2.45) is 17.1 Å². The fourth-order valence-electron chi connectivity index (χ4n) is 4.16. The molecule has 3 N–H and O–H groups in total. The van der Waals surface area contributed by atoms with Crippen LogP contribution in [0.5, 0.6) is 0 Å². The van der Waals surface area contributed by atoms with E-state index in [0.29, 0.717) is 31.4 Å². The average Bonchev–Trinajstić information content (AvgIpc) is 3.08. The Hall–Kier alpha value is -2.19. The molecule has 1 atom stereocenters. The molecule has 9 heteroatoms. The van der Waals surface area contributed by atoms with E-state index in [1.165, 1.54) is 6.92 Å². The molecule has 0 saturated heterocycles. The van der Waals surface area contributed by atoms with E-state index in [-0.39, 0.29) is 30.3 Å². The number of alkyl halides is 3. The minimum Gasteiger partial charge on any atom is -0.369 e. The highest BCUT2D eigenvalue weighted by Crippen LogP contribution is 2.38. The number of amides is 2. The van der Waals surface area contributed by atoms with E-state index in [0.717, 1.165) is 12.8 Å². The second-order valence-corrected chi connectivity index (χ2v) is 7.55. The number of aryl methyl sites for hydroxylation is 2. The molecule has 0 bridgehead atoms. The van der Waals surface area contributed by atoms with Crippen molar-refractivity contribution in [3.63, 3.8) is 0 Å². The van der Waals surface area contributed by atoms with Crippen LogP contribution in [0.25, 0.3) is 0 Å². The summed E-state index contributed by atoms with van der Waals surface area (Å²) in [6.45, 7) is 1.57. The summed E-state index contributed by atoms with van der Waals surface area (Å²) in [6, 6.07) is 0. The topological polar surface area (TPSA) is 98.0 Å². The lowest BCUT2D eigenvalue weighted by molar-refractivity contribution is -0.142. The summed E-state index contributed by atoms with van der Waals surface area (Å²) < 4.78 is 40.0. The number of nitrogens with zero attached hydrogens (tertiary/aromatic N) is 2. The molecule has 1 heterocycles. The Kier molecular flexibility index (Phi) is 5.14. The van der Waals surface area contributed by atoms with Crippen molar-refractivity contribution in [1.82, 2.24) is 15.3 Å². The van der Waals surface area contributed by atoms with Crippen LogP contribution in [0, 0.1) is 18.3 Å². The second kappa shape index (κ2) is 7.09. The predicted molar refractivity (Wildman–Crippen MR) is 90.4 cm³/mol. The summed E-state index contributed by atoms with van der Waals surface area (Å²) in [6.07, 6.45) is -0.932. The zero-order valence-corrected chi connectivity index (χ0v) is 15.2. The van der Waals surface area contributed by atoms with E-state index in [1.807, 2.05) is 0 Å². The second-order valence-electron chi connectivity index (χ2n) is 7.55. The Morgan fingerprint density at radius 1 is 1.26 bits per heavy atom. The molecular weight excluding hydrogens is 361 g/mol. The normalized spacial score (nSPS) is 21.6. The molecule has 2 amide bonds. The first-order valence-corrected chi connectivity index (χ1v) is 9.13. The van der Waals surface area contributed by atoms with Gasteiger partial charge in [0.15, 0.2) is 5.69 Å². The van der Waals surface area contributed by atoms with Gasteiger partial charge in [-0.2, -0.15) is 13.2 Å². The number of hydrogen-bond donors (Lipinski definition) is 2. The lowest BCUT2D eigenvalue weighted by Gasteiger charge is -2.29. The van der Waals surface area contributed by atoms with Gasteiger partial charge >= 0.3 is 6.18 Å². The third kappa shape index (κ3) is 3.91. The number of rotatable bonds is 4. The van der Waals surface area contributed by atoms with E-state index < -0.39 is 29.1 Å². The first-order valence-electron chi connectivity index (χ1n) is 9.13. The van der Waals surface area contributed by atoms with Crippen LogP contribution < -0.4 is 11.1 Å². The molecule has 1 fully saturated rings. The average molecular weight is 384 g/mol. The largest absolute Gasteiger partial charge is 0.433 e. The molecule has 1 aromatic rings. The summed E-state index contributed by atoms with van der Waals surface area (Å²) in [5, 5.41) is 2.76. The first kappa shape index (κ1) is 19.6. The maximum absolute atomic E-state index is 13.3. The fraction of sp³-hybridized carbons (Fsp3) is 0.667. The molecular formula is C18H23F3N4O2. The highest BCUT2D eigenvalue weighted by Gasteiger charge is 2.42. The lowest BCUT2D eigenvalue weighted by Crippen LogP contribution is -2.46. The molecule has 0 spiro atoms. The minimum atomic E-state index is -4.59. The number of aromatic nitrogens is 2. The van der Waals surface area contributed by atoms with Crippen molar-refractivity contribution in [3.05, 3.63) is 22.8 Å². The number of halogens is 3. The Morgan fingerprint density at radius 3 is 2.52 bits per heavy atom. The molecule has 2 aliphatic carbocycles. The van der Waals surface area contributed by atoms with Crippen LogP contribution in [0.1, 0.15) is 54.9 Å². The zero-order valence-electron chi connectivity index (χ0n) is 15.2. The number of nitrogens with two attached hydrogens (primary N) is 1. The Balaban J connectivity index is 1.74. The van der Waals surface area contributed by atoms with Crippen LogP contribution in [0.3, 0.4) is 0 Å². The van der Waals surface area contributed by atoms with Crippen molar-refractivity contribution in [2.75, 3.05) is 6.54 Å². The molecule has 1 aromatic heterocycles.